The maximum absolute atomic E-state index is 6.81. The minimum Gasteiger partial charge on any atom is -0.457 e. The molecule has 0 bridgehead atoms. The molecule has 2 unspecified atom stereocenters. The summed E-state index contributed by atoms with van der Waals surface area (Å²) in [5.41, 5.74) is 11.8. The van der Waals surface area contributed by atoms with Gasteiger partial charge in [-0.1, -0.05) is 106 Å². The van der Waals surface area contributed by atoms with Gasteiger partial charge in [-0.2, -0.15) is 5.10 Å². The smallest absolute Gasteiger partial charge is 0.137 e. The number of hydrogen-bond donors (Lipinski definition) is 0. The van der Waals surface area contributed by atoms with Crippen LogP contribution in [0.3, 0.4) is 0 Å². The molecular formula is C49H56N4O. The van der Waals surface area contributed by atoms with Gasteiger partial charge in [-0.25, -0.2) is 9.67 Å². The first-order chi connectivity index (χ1) is 25.7. The van der Waals surface area contributed by atoms with Crippen LogP contribution < -0.4 is 4.74 Å². The van der Waals surface area contributed by atoms with Crippen LogP contribution in [0.1, 0.15) is 122 Å². The van der Waals surface area contributed by atoms with Crippen LogP contribution in [0, 0.1) is 6.92 Å². The molecule has 0 radical (unpaired) electrons. The van der Waals surface area contributed by atoms with Gasteiger partial charge in [0.15, 0.2) is 0 Å². The van der Waals surface area contributed by atoms with E-state index >= 15 is 0 Å². The van der Waals surface area contributed by atoms with E-state index in [9.17, 15) is 0 Å². The predicted octanol–water partition coefficient (Wildman–Crippen LogP) is 13.8. The molecule has 5 heteroatoms. The van der Waals surface area contributed by atoms with Crippen molar-refractivity contribution in [2.45, 2.75) is 112 Å². The average Bonchev–Trinajstić information content (AvgIpc) is 3.70. The number of benzene rings is 4. The molecule has 0 aliphatic rings. The molecule has 0 amide bonds. The number of rotatable bonds is 9. The van der Waals surface area contributed by atoms with E-state index in [4.69, 9.17) is 14.8 Å². The first-order valence-electron chi connectivity index (χ1n) is 19.7. The molecule has 0 N–H and O–H groups in total. The van der Waals surface area contributed by atoms with Gasteiger partial charge in [-0.15, -0.1) is 0 Å². The second kappa shape index (κ2) is 14.2. The van der Waals surface area contributed by atoms with Gasteiger partial charge in [0, 0.05) is 40.6 Å². The maximum Gasteiger partial charge on any atom is 0.137 e. The van der Waals surface area contributed by atoms with Crippen molar-refractivity contribution in [1.82, 2.24) is 19.3 Å². The highest BCUT2D eigenvalue weighted by Gasteiger charge is 2.27. The van der Waals surface area contributed by atoms with Crippen LogP contribution in [-0.4, -0.2) is 19.3 Å². The molecule has 7 aromatic rings. The predicted molar refractivity (Wildman–Crippen MR) is 227 cm³/mol. The summed E-state index contributed by atoms with van der Waals surface area (Å²) in [7, 11) is 0. The van der Waals surface area contributed by atoms with E-state index in [1.54, 1.807) is 0 Å². The third-order valence-electron chi connectivity index (χ3n) is 11.1. The van der Waals surface area contributed by atoms with E-state index in [-0.39, 0.29) is 10.8 Å². The molecule has 3 aromatic heterocycles. The Kier molecular flexibility index (Phi) is 9.80. The molecule has 0 aliphatic heterocycles. The maximum atomic E-state index is 6.81. The number of fused-ring (bicyclic) bond motifs is 3. The number of aromatic nitrogens is 4. The molecular weight excluding hydrogens is 661 g/mol. The lowest BCUT2D eigenvalue weighted by molar-refractivity contribution is 0.482. The van der Waals surface area contributed by atoms with Crippen LogP contribution in [-0.2, 0) is 10.8 Å². The highest BCUT2D eigenvalue weighted by molar-refractivity contribution is 6.09. The molecule has 0 saturated heterocycles. The van der Waals surface area contributed by atoms with Crippen molar-refractivity contribution in [2.24, 2.45) is 0 Å². The number of pyridine rings is 1. The summed E-state index contributed by atoms with van der Waals surface area (Å²) >= 11 is 0. The summed E-state index contributed by atoms with van der Waals surface area (Å²) in [5, 5.41) is 7.79. The van der Waals surface area contributed by atoms with E-state index in [0.29, 0.717) is 11.8 Å². The summed E-state index contributed by atoms with van der Waals surface area (Å²) in [5.74, 6) is 3.10. The van der Waals surface area contributed by atoms with E-state index in [2.05, 4.69) is 182 Å². The average molecular weight is 717 g/mol. The lowest BCUT2D eigenvalue weighted by Gasteiger charge is -2.20. The zero-order valence-electron chi connectivity index (χ0n) is 34.1. The third kappa shape index (κ3) is 6.97. The standard InChI is InChI=1S/C49H56N4O/c1-12-32(4)46-45(34-17-15-14-16-18-34)47(33(5)13-2)53(51-46)37-25-31(3)26-39(29-37)54-38-20-21-40-41-27-35(48(6,7)8)19-22-42(41)52(43(40)30-38)44-28-36(23-24-50-44)49(9,10)11/h14-30,32-33H,12-13H2,1-11H3. The van der Waals surface area contributed by atoms with Crippen molar-refractivity contribution < 1.29 is 4.74 Å². The zero-order chi connectivity index (χ0) is 38.5. The highest BCUT2D eigenvalue weighted by atomic mass is 16.5. The second-order valence-electron chi connectivity index (χ2n) is 17.3. The molecule has 2 atom stereocenters. The molecule has 0 aliphatic carbocycles. The SMILES string of the molecule is CCC(C)c1nn(-c2cc(C)cc(Oc3ccc4c5cc(C(C)(C)C)ccc5n(-c5cc(C(C)(C)C)ccn5)c4c3)c2)c(C(C)CC)c1-c1ccccc1. The van der Waals surface area contributed by atoms with Crippen LogP contribution in [0.15, 0.2) is 103 Å². The molecule has 7 rings (SSSR count). The quantitative estimate of drug-likeness (QED) is 0.149. The first-order valence-corrected chi connectivity index (χ1v) is 19.7. The molecule has 5 nitrogen and oxygen atoms in total. The van der Waals surface area contributed by atoms with Gasteiger partial charge in [0.05, 0.1) is 28.1 Å². The van der Waals surface area contributed by atoms with Crippen molar-refractivity contribution >= 4 is 21.8 Å². The molecule has 0 fully saturated rings. The van der Waals surface area contributed by atoms with Crippen molar-refractivity contribution in [2.75, 3.05) is 0 Å². The lowest BCUT2D eigenvalue weighted by atomic mass is 9.86. The van der Waals surface area contributed by atoms with E-state index < -0.39 is 0 Å². The Balaban J connectivity index is 1.38. The summed E-state index contributed by atoms with van der Waals surface area (Å²) in [6, 6.07) is 35.0. The van der Waals surface area contributed by atoms with Crippen LogP contribution in [0.4, 0.5) is 0 Å². The largest absolute Gasteiger partial charge is 0.457 e. The van der Waals surface area contributed by atoms with Crippen molar-refractivity contribution in [3.63, 3.8) is 0 Å². The van der Waals surface area contributed by atoms with Crippen LogP contribution in [0.5, 0.6) is 11.5 Å². The monoisotopic (exact) mass is 716 g/mol. The fraction of sp³-hybridized carbons (Fsp3) is 0.347. The minimum absolute atomic E-state index is 0.00638. The fourth-order valence-corrected chi connectivity index (χ4v) is 7.56. The van der Waals surface area contributed by atoms with Crippen LogP contribution >= 0.6 is 0 Å². The van der Waals surface area contributed by atoms with Gasteiger partial charge in [0.1, 0.15) is 17.3 Å². The van der Waals surface area contributed by atoms with E-state index in [1.807, 2.05) is 6.20 Å². The molecule has 4 aromatic carbocycles. The summed E-state index contributed by atoms with van der Waals surface area (Å²) in [6.45, 7) is 24.8. The van der Waals surface area contributed by atoms with Gasteiger partial charge in [0.2, 0.25) is 0 Å². The Labute approximate surface area is 322 Å². The van der Waals surface area contributed by atoms with Gasteiger partial charge >= 0.3 is 0 Å². The van der Waals surface area contributed by atoms with E-state index in [0.717, 1.165) is 58.1 Å². The number of aryl methyl sites for hydroxylation is 1. The van der Waals surface area contributed by atoms with Crippen LogP contribution in [0.25, 0.3) is 44.4 Å². The first kappa shape index (κ1) is 37.2. The van der Waals surface area contributed by atoms with Crippen LogP contribution in [0.2, 0.25) is 0 Å². The zero-order valence-corrected chi connectivity index (χ0v) is 34.1. The Bertz CT molecular complexity index is 2450. The van der Waals surface area contributed by atoms with Crippen molar-refractivity contribution in [3.05, 3.63) is 131 Å². The molecule has 3 heterocycles. The number of nitrogens with zero attached hydrogens (tertiary/aromatic N) is 4. The summed E-state index contributed by atoms with van der Waals surface area (Å²) in [4.78, 5) is 4.93. The van der Waals surface area contributed by atoms with E-state index in [1.165, 1.54) is 38.7 Å². The molecule has 54 heavy (non-hydrogen) atoms. The molecule has 278 valence electrons. The third-order valence-corrected chi connectivity index (χ3v) is 11.1. The summed E-state index contributed by atoms with van der Waals surface area (Å²) < 4.78 is 11.3. The number of ether oxygens (including phenoxy) is 1. The fourth-order valence-electron chi connectivity index (χ4n) is 7.56. The van der Waals surface area contributed by atoms with Crippen molar-refractivity contribution in [3.8, 4) is 34.1 Å². The Morgan fingerprint density at radius 2 is 1.37 bits per heavy atom. The summed E-state index contributed by atoms with van der Waals surface area (Å²) in [6.07, 6.45) is 3.97. The number of hydrogen-bond acceptors (Lipinski definition) is 3. The van der Waals surface area contributed by atoms with Crippen molar-refractivity contribution in [1.29, 1.82) is 0 Å². The Hall–Kier alpha value is -5.16. The second-order valence-corrected chi connectivity index (χ2v) is 17.3. The van der Waals surface area contributed by atoms with Gasteiger partial charge in [0.25, 0.3) is 0 Å². The normalized spacial score (nSPS) is 13.5. The Morgan fingerprint density at radius 3 is 2.06 bits per heavy atom. The minimum atomic E-state index is -0.00638. The highest BCUT2D eigenvalue weighted by Crippen LogP contribution is 2.41. The van der Waals surface area contributed by atoms with Gasteiger partial charge in [-0.3, -0.25) is 4.57 Å². The molecule has 0 spiro atoms. The molecule has 0 saturated carbocycles. The van der Waals surface area contributed by atoms with Gasteiger partial charge < -0.3 is 4.74 Å². The topological polar surface area (TPSA) is 44.9 Å². The Morgan fingerprint density at radius 1 is 0.667 bits per heavy atom. The van der Waals surface area contributed by atoms with Gasteiger partial charge in [-0.05, 0) is 107 Å². The lowest BCUT2D eigenvalue weighted by Crippen LogP contribution is -2.12.